The van der Waals surface area contributed by atoms with E-state index >= 15 is 0 Å². The van der Waals surface area contributed by atoms with E-state index in [-0.39, 0.29) is 12.3 Å². The molecule has 0 bridgehead atoms. The fraction of sp³-hybridized carbons (Fsp3) is 0.250. The van der Waals surface area contributed by atoms with Crippen LogP contribution in [0.4, 0.5) is 0 Å². The van der Waals surface area contributed by atoms with E-state index in [1.165, 1.54) is 9.13 Å². The van der Waals surface area contributed by atoms with Crippen molar-refractivity contribution in [3.05, 3.63) is 114 Å². The van der Waals surface area contributed by atoms with Gasteiger partial charge in [-0.3, -0.25) is 19.7 Å². The van der Waals surface area contributed by atoms with Crippen molar-refractivity contribution in [2.24, 2.45) is 0 Å². The molecule has 0 unspecified atom stereocenters. The first kappa shape index (κ1) is 29.6. The zero-order chi connectivity index (χ0) is 29.1. The lowest BCUT2D eigenvalue weighted by molar-refractivity contribution is -0.142. The summed E-state index contributed by atoms with van der Waals surface area (Å²) in [5.41, 5.74) is 8.40. The Kier molecular flexibility index (Phi) is 9.35. The summed E-state index contributed by atoms with van der Waals surface area (Å²) in [6, 6.07) is 16.5. The molecule has 1 aliphatic rings. The van der Waals surface area contributed by atoms with E-state index in [2.05, 4.69) is 77.5 Å². The Bertz CT molecular complexity index is 1580. The summed E-state index contributed by atoms with van der Waals surface area (Å²) in [6.45, 7) is 5.17. The highest BCUT2D eigenvalue weighted by atomic mass is 127. The number of carboxylic acid groups (broad SMARTS) is 1. The monoisotopic (exact) mass is 772 g/mol. The van der Waals surface area contributed by atoms with Crippen molar-refractivity contribution in [2.45, 2.75) is 51.9 Å². The number of amides is 1. The molecule has 0 radical (unpaired) electrons. The summed E-state index contributed by atoms with van der Waals surface area (Å²) < 4.78 is 2.32. The second kappa shape index (κ2) is 13.0. The lowest BCUT2D eigenvalue weighted by Crippen LogP contribution is -2.54. The summed E-state index contributed by atoms with van der Waals surface area (Å²) in [4.78, 5) is 36.7. The van der Waals surface area contributed by atoms with Gasteiger partial charge >= 0.3 is 5.97 Å². The van der Waals surface area contributed by atoms with Crippen LogP contribution in [0.25, 0.3) is 11.1 Å². The quantitative estimate of drug-likeness (QED) is 0.223. The minimum atomic E-state index is -1.05. The predicted octanol–water partition coefficient (Wildman–Crippen LogP) is 5.71. The van der Waals surface area contributed by atoms with Gasteiger partial charge in [0.15, 0.2) is 0 Å². The van der Waals surface area contributed by atoms with Crippen LogP contribution < -0.4 is 5.32 Å². The number of pyridine rings is 2. The molecule has 0 saturated carbocycles. The average Bonchev–Trinajstić information content (AvgIpc) is 2.95. The van der Waals surface area contributed by atoms with Gasteiger partial charge in [0.25, 0.3) is 0 Å². The maximum absolute atomic E-state index is 13.7. The van der Waals surface area contributed by atoms with Gasteiger partial charge in [0.2, 0.25) is 5.91 Å². The van der Waals surface area contributed by atoms with Crippen LogP contribution in [0, 0.1) is 21.0 Å². The second-order valence-corrected chi connectivity index (χ2v) is 12.7. The largest absolute Gasteiger partial charge is 0.480 e. The van der Waals surface area contributed by atoms with Crippen molar-refractivity contribution < 1.29 is 14.7 Å². The van der Waals surface area contributed by atoms with Gasteiger partial charge in [-0.25, -0.2) is 4.79 Å². The van der Waals surface area contributed by atoms with Gasteiger partial charge in [0.05, 0.1) is 6.04 Å². The molecule has 41 heavy (non-hydrogen) atoms. The molecule has 4 aromatic rings. The van der Waals surface area contributed by atoms with Crippen molar-refractivity contribution in [3.63, 3.8) is 0 Å². The van der Waals surface area contributed by atoms with E-state index in [1.807, 2.05) is 56.3 Å². The molecule has 2 N–H and O–H groups in total. The first-order valence-electron chi connectivity index (χ1n) is 13.3. The molecule has 7 nitrogen and oxygen atoms in total. The molecule has 1 aliphatic heterocycles. The number of carbonyl (C=O) groups is 2. The zero-order valence-electron chi connectivity index (χ0n) is 22.8. The van der Waals surface area contributed by atoms with Gasteiger partial charge < -0.3 is 10.4 Å². The van der Waals surface area contributed by atoms with Crippen LogP contribution in [0.3, 0.4) is 0 Å². The number of hydrogen-bond donors (Lipinski definition) is 2. The maximum Gasteiger partial charge on any atom is 0.326 e. The molecular formula is C32H30I2N4O3. The van der Waals surface area contributed by atoms with Crippen molar-refractivity contribution in [1.29, 1.82) is 0 Å². The average molecular weight is 772 g/mol. The minimum absolute atomic E-state index is 0.192. The number of halogens is 2. The first-order chi connectivity index (χ1) is 19.7. The Labute approximate surface area is 267 Å². The van der Waals surface area contributed by atoms with E-state index in [1.54, 1.807) is 18.6 Å². The Hall–Kier alpha value is -2.90. The van der Waals surface area contributed by atoms with Gasteiger partial charge in [-0.2, -0.15) is 0 Å². The second-order valence-electron chi connectivity index (χ2n) is 10.4. The number of carbonyl (C=O) groups excluding carboxylic acids is 1. The SMILES string of the molecule is Cc1nccc(-c2ccc(C[C@H](NC(=O)[C@@H]3Cc4cc(I)c(I)cc4CN3Cc3cccnc3)C(=O)O)cc2)c1C. The lowest BCUT2D eigenvalue weighted by Gasteiger charge is -2.36. The van der Waals surface area contributed by atoms with E-state index in [9.17, 15) is 14.7 Å². The number of fused-ring (bicyclic) bond motifs is 1. The number of nitrogens with zero attached hydrogens (tertiary/aromatic N) is 3. The molecule has 2 atom stereocenters. The first-order valence-corrected chi connectivity index (χ1v) is 15.5. The van der Waals surface area contributed by atoms with Gasteiger partial charge in [-0.05, 0) is 129 Å². The zero-order valence-corrected chi connectivity index (χ0v) is 27.1. The third-order valence-corrected chi connectivity index (χ3v) is 10.5. The third kappa shape index (κ3) is 6.95. The van der Waals surface area contributed by atoms with Crippen LogP contribution in [-0.4, -0.2) is 43.9 Å². The van der Waals surface area contributed by atoms with Crippen LogP contribution in [0.15, 0.2) is 73.2 Å². The van der Waals surface area contributed by atoms with Crippen LogP contribution in [0.2, 0.25) is 0 Å². The predicted molar refractivity (Wildman–Crippen MR) is 175 cm³/mol. The molecule has 0 fully saturated rings. The number of benzene rings is 2. The Morgan fingerprint density at radius 2 is 1.76 bits per heavy atom. The molecule has 0 aliphatic carbocycles. The van der Waals surface area contributed by atoms with E-state index in [0.717, 1.165) is 42.6 Å². The summed E-state index contributed by atoms with van der Waals surface area (Å²) >= 11 is 4.66. The molecule has 3 heterocycles. The smallest absolute Gasteiger partial charge is 0.326 e. The fourth-order valence-electron chi connectivity index (χ4n) is 5.26. The van der Waals surface area contributed by atoms with E-state index in [0.29, 0.717) is 19.5 Å². The number of rotatable bonds is 8. The normalized spacial score (nSPS) is 15.7. The summed E-state index contributed by atoms with van der Waals surface area (Å²) in [6.07, 6.45) is 6.04. The number of aromatic nitrogens is 2. The number of aliphatic carboxylic acids is 1. The number of carboxylic acids is 1. The van der Waals surface area contributed by atoms with Crippen molar-refractivity contribution in [1.82, 2.24) is 20.2 Å². The lowest BCUT2D eigenvalue weighted by atomic mass is 9.92. The minimum Gasteiger partial charge on any atom is -0.480 e. The molecule has 1 amide bonds. The highest BCUT2D eigenvalue weighted by Gasteiger charge is 2.34. The third-order valence-electron chi connectivity index (χ3n) is 7.66. The summed E-state index contributed by atoms with van der Waals surface area (Å²) in [7, 11) is 0. The molecule has 0 saturated heterocycles. The fourth-order valence-corrected chi connectivity index (χ4v) is 6.32. The van der Waals surface area contributed by atoms with Crippen molar-refractivity contribution in [3.8, 4) is 11.1 Å². The molecule has 210 valence electrons. The number of nitrogens with one attached hydrogen (secondary N) is 1. The summed E-state index contributed by atoms with van der Waals surface area (Å²) in [5, 5.41) is 12.9. The molecule has 2 aromatic heterocycles. The highest BCUT2D eigenvalue weighted by molar-refractivity contribution is 14.1. The summed E-state index contributed by atoms with van der Waals surface area (Å²) in [5.74, 6) is -1.33. The topological polar surface area (TPSA) is 95.4 Å². The Morgan fingerprint density at radius 3 is 2.44 bits per heavy atom. The maximum atomic E-state index is 13.7. The van der Waals surface area contributed by atoms with E-state index < -0.39 is 18.1 Å². The molecule has 5 rings (SSSR count). The molecule has 2 aromatic carbocycles. The van der Waals surface area contributed by atoms with Gasteiger partial charge in [-0.15, -0.1) is 0 Å². The molecule has 0 spiro atoms. The van der Waals surface area contributed by atoms with Crippen LogP contribution in [0.5, 0.6) is 0 Å². The Balaban J connectivity index is 1.35. The van der Waals surface area contributed by atoms with E-state index in [4.69, 9.17) is 0 Å². The van der Waals surface area contributed by atoms with Crippen molar-refractivity contribution in [2.75, 3.05) is 0 Å². The van der Waals surface area contributed by atoms with Gasteiger partial charge in [-0.1, -0.05) is 30.3 Å². The molecule has 9 heteroatoms. The number of hydrogen-bond acceptors (Lipinski definition) is 5. The Morgan fingerprint density at radius 1 is 1.02 bits per heavy atom. The van der Waals surface area contributed by atoms with Crippen LogP contribution >= 0.6 is 45.2 Å². The highest BCUT2D eigenvalue weighted by Crippen LogP contribution is 2.30. The van der Waals surface area contributed by atoms with Gasteiger partial charge in [0.1, 0.15) is 6.04 Å². The molecular weight excluding hydrogens is 742 g/mol. The van der Waals surface area contributed by atoms with Crippen molar-refractivity contribution >= 4 is 57.1 Å². The van der Waals surface area contributed by atoms with Gasteiger partial charge in [0, 0.05) is 50.9 Å². The van der Waals surface area contributed by atoms with Crippen LogP contribution in [0.1, 0.15) is 33.5 Å². The van der Waals surface area contributed by atoms with Crippen LogP contribution in [-0.2, 0) is 35.5 Å². The standard InChI is InChI=1S/C32H30I2N4O3/c1-19-20(2)36-11-9-26(19)23-7-5-21(6-8-23)12-29(32(40)41)37-31(39)30-15-24-13-27(33)28(34)14-25(24)18-38(30)17-22-4-3-10-35-16-22/h3-11,13-14,16,29-30H,12,15,17-18H2,1-2H3,(H,37,39)(H,40,41)/t29-,30-/m0/s1. The number of aryl methyl sites for hydroxylation is 1.